The minimum absolute atomic E-state index is 0.0548. The molecular formula is C25H30O6. The van der Waals surface area contributed by atoms with E-state index in [1.165, 1.54) is 11.1 Å². The van der Waals surface area contributed by atoms with Gasteiger partial charge in [-0.05, 0) is 49.9 Å². The van der Waals surface area contributed by atoms with Gasteiger partial charge in [0.25, 0.3) is 0 Å². The third-order valence-electron chi connectivity index (χ3n) is 5.84. The smallest absolute Gasteiger partial charge is 0.310 e. The molecule has 2 aromatic rings. The molecule has 1 atom stereocenters. The molecule has 0 bridgehead atoms. The molecular weight excluding hydrogens is 396 g/mol. The van der Waals surface area contributed by atoms with Gasteiger partial charge in [0.1, 0.15) is 0 Å². The summed E-state index contributed by atoms with van der Waals surface area (Å²) in [6, 6.07) is 13.2. The lowest BCUT2D eigenvalue weighted by molar-refractivity contribution is -0.149. The van der Waals surface area contributed by atoms with Gasteiger partial charge >= 0.3 is 5.97 Å². The molecule has 3 rings (SSSR count). The van der Waals surface area contributed by atoms with E-state index in [0.717, 1.165) is 6.42 Å². The molecule has 166 valence electrons. The average Bonchev–Trinajstić information content (AvgIpc) is 3.00. The fraction of sp³-hybridized carbons (Fsp3) is 0.440. The summed E-state index contributed by atoms with van der Waals surface area (Å²) in [4.78, 5) is 25.0. The van der Waals surface area contributed by atoms with Crippen molar-refractivity contribution in [3.05, 3.63) is 59.2 Å². The van der Waals surface area contributed by atoms with Crippen molar-refractivity contribution < 1.29 is 28.9 Å². The fourth-order valence-corrected chi connectivity index (χ4v) is 3.99. The molecule has 1 aliphatic heterocycles. The number of aliphatic carboxylic acids is 1. The standard InChI is InChI=1S/C25H30O6/c1-18-5-3-6-19(15-18)9-13-31-23-16-20(7-8-22(23)29-2)21(26)17-25(24(27)28)10-4-12-30-14-11-25/h3,5-8,15-16H,4,9-14,17H2,1-2H3,(H,27,28). The van der Waals surface area contributed by atoms with Crippen molar-refractivity contribution in [2.75, 3.05) is 26.9 Å². The van der Waals surface area contributed by atoms with E-state index in [1.807, 2.05) is 19.1 Å². The highest BCUT2D eigenvalue weighted by Gasteiger charge is 2.41. The zero-order valence-electron chi connectivity index (χ0n) is 18.2. The van der Waals surface area contributed by atoms with Crippen molar-refractivity contribution in [3.8, 4) is 11.5 Å². The second-order valence-electron chi connectivity index (χ2n) is 8.10. The van der Waals surface area contributed by atoms with Crippen LogP contribution in [0.5, 0.6) is 11.5 Å². The highest BCUT2D eigenvalue weighted by atomic mass is 16.5. The average molecular weight is 427 g/mol. The summed E-state index contributed by atoms with van der Waals surface area (Å²) in [6.07, 6.45) is 2.08. The van der Waals surface area contributed by atoms with E-state index < -0.39 is 11.4 Å². The van der Waals surface area contributed by atoms with Crippen molar-refractivity contribution in [2.24, 2.45) is 5.41 Å². The number of carbonyl (C=O) groups is 2. The predicted molar refractivity (Wildman–Crippen MR) is 117 cm³/mol. The lowest BCUT2D eigenvalue weighted by Gasteiger charge is -2.26. The van der Waals surface area contributed by atoms with Crippen molar-refractivity contribution in [1.29, 1.82) is 0 Å². The molecule has 1 heterocycles. The van der Waals surface area contributed by atoms with Crippen LogP contribution in [0, 0.1) is 12.3 Å². The van der Waals surface area contributed by atoms with Crippen LogP contribution >= 0.6 is 0 Å². The van der Waals surface area contributed by atoms with Crippen LogP contribution in [0.2, 0.25) is 0 Å². The second kappa shape index (κ2) is 10.4. The molecule has 6 heteroatoms. The first-order chi connectivity index (χ1) is 14.9. The summed E-state index contributed by atoms with van der Waals surface area (Å²) >= 11 is 0. The highest BCUT2D eigenvalue weighted by Crippen LogP contribution is 2.37. The van der Waals surface area contributed by atoms with E-state index in [-0.39, 0.29) is 12.2 Å². The number of Topliss-reactive ketones (excluding diaryl/α,β-unsaturated/α-hetero) is 1. The fourth-order valence-electron chi connectivity index (χ4n) is 3.99. The normalized spacial score (nSPS) is 18.8. The number of carboxylic acid groups (broad SMARTS) is 1. The minimum Gasteiger partial charge on any atom is -0.493 e. The monoisotopic (exact) mass is 426 g/mol. The molecule has 0 aromatic heterocycles. The first-order valence-electron chi connectivity index (χ1n) is 10.6. The van der Waals surface area contributed by atoms with Crippen molar-refractivity contribution in [3.63, 3.8) is 0 Å². The van der Waals surface area contributed by atoms with Gasteiger partial charge in [0.15, 0.2) is 17.3 Å². The molecule has 1 N–H and O–H groups in total. The molecule has 2 aromatic carbocycles. The van der Waals surface area contributed by atoms with Gasteiger partial charge in [-0.3, -0.25) is 9.59 Å². The van der Waals surface area contributed by atoms with Crippen LogP contribution in [0.3, 0.4) is 0 Å². The van der Waals surface area contributed by atoms with E-state index in [2.05, 4.69) is 12.1 Å². The molecule has 0 saturated carbocycles. The lowest BCUT2D eigenvalue weighted by Crippen LogP contribution is -2.34. The largest absolute Gasteiger partial charge is 0.493 e. The number of carbonyl (C=O) groups excluding carboxylic acids is 1. The third-order valence-corrected chi connectivity index (χ3v) is 5.84. The molecule has 0 amide bonds. The van der Waals surface area contributed by atoms with Gasteiger partial charge in [0.2, 0.25) is 0 Å². The predicted octanol–water partition coefficient (Wildman–Crippen LogP) is 4.47. The minimum atomic E-state index is -1.08. The number of carboxylic acids is 1. The first-order valence-corrected chi connectivity index (χ1v) is 10.6. The lowest BCUT2D eigenvalue weighted by atomic mass is 9.75. The number of ketones is 1. The number of hydrogen-bond acceptors (Lipinski definition) is 5. The van der Waals surface area contributed by atoms with E-state index in [1.54, 1.807) is 25.3 Å². The Morgan fingerprint density at radius 2 is 1.94 bits per heavy atom. The number of methoxy groups -OCH3 is 1. The molecule has 31 heavy (non-hydrogen) atoms. The number of hydrogen-bond donors (Lipinski definition) is 1. The van der Waals surface area contributed by atoms with Crippen LogP contribution in [-0.4, -0.2) is 43.8 Å². The summed E-state index contributed by atoms with van der Waals surface area (Å²) in [6.45, 7) is 3.38. The SMILES string of the molecule is COc1ccc(C(=O)CC2(C(=O)O)CCCOCC2)cc1OCCc1cccc(C)c1. The Balaban J connectivity index is 1.72. The van der Waals surface area contributed by atoms with Crippen LogP contribution in [0.4, 0.5) is 0 Å². The molecule has 0 radical (unpaired) electrons. The molecule has 6 nitrogen and oxygen atoms in total. The number of benzene rings is 2. The van der Waals surface area contributed by atoms with Gasteiger partial charge in [0.05, 0.1) is 19.1 Å². The Labute approximate surface area is 183 Å². The quantitative estimate of drug-likeness (QED) is 0.596. The van der Waals surface area contributed by atoms with Crippen LogP contribution in [-0.2, 0) is 16.0 Å². The topological polar surface area (TPSA) is 82.1 Å². The van der Waals surface area contributed by atoms with E-state index in [9.17, 15) is 14.7 Å². The van der Waals surface area contributed by atoms with Crippen molar-refractivity contribution >= 4 is 11.8 Å². The zero-order chi connectivity index (χ0) is 22.3. The summed E-state index contributed by atoms with van der Waals surface area (Å²) in [5.41, 5.74) is 1.71. The molecule has 1 unspecified atom stereocenters. The van der Waals surface area contributed by atoms with Gasteiger partial charge < -0.3 is 19.3 Å². The third kappa shape index (κ3) is 5.85. The highest BCUT2D eigenvalue weighted by molar-refractivity contribution is 5.99. The second-order valence-corrected chi connectivity index (χ2v) is 8.10. The Hall–Kier alpha value is -2.86. The van der Waals surface area contributed by atoms with Gasteiger partial charge in [-0.15, -0.1) is 0 Å². The first kappa shape index (κ1) is 22.8. The zero-order valence-corrected chi connectivity index (χ0v) is 18.2. The van der Waals surface area contributed by atoms with E-state index >= 15 is 0 Å². The summed E-state index contributed by atoms with van der Waals surface area (Å²) in [7, 11) is 1.55. The Morgan fingerprint density at radius 3 is 2.68 bits per heavy atom. The number of aryl methyl sites for hydroxylation is 1. The van der Waals surface area contributed by atoms with E-state index in [0.29, 0.717) is 56.1 Å². The maximum Gasteiger partial charge on any atom is 0.310 e. The van der Waals surface area contributed by atoms with E-state index in [4.69, 9.17) is 14.2 Å². The van der Waals surface area contributed by atoms with Crippen LogP contribution in [0.15, 0.2) is 42.5 Å². The summed E-state index contributed by atoms with van der Waals surface area (Å²) < 4.78 is 16.7. The number of ether oxygens (including phenoxy) is 3. The Morgan fingerprint density at radius 1 is 1.10 bits per heavy atom. The molecule has 1 aliphatic rings. The van der Waals surface area contributed by atoms with Crippen molar-refractivity contribution in [1.82, 2.24) is 0 Å². The molecule has 1 fully saturated rings. The maximum absolute atomic E-state index is 13.0. The Kier molecular flexibility index (Phi) is 7.69. The van der Waals surface area contributed by atoms with Gasteiger partial charge in [0, 0.05) is 31.6 Å². The van der Waals surface area contributed by atoms with Crippen LogP contribution in [0.1, 0.15) is 47.2 Å². The molecule has 0 spiro atoms. The molecule has 1 saturated heterocycles. The molecule has 0 aliphatic carbocycles. The van der Waals surface area contributed by atoms with Gasteiger partial charge in [-0.25, -0.2) is 0 Å². The van der Waals surface area contributed by atoms with Crippen LogP contribution < -0.4 is 9.47 Å². The Bertz CT molecular complexity index is 912. The van der Waals surface area contributed by atoms with Gasteiger partial charge in [-0.1, -0.05) is 29.8 Å². The summed E-state index contributed by atoms with van der Waals surface area (Å²) in [5, 5.41) is 9.84. The summed E-state index contributed by atoms with van der Waals surface area (Å²) in [5.74, 6) is -0.129. The van der Waals surface area contributed by atoms with Crippen LogP contribution in [0.25, 0.3) is 0 Å². The maximum atomic E-state index is 13.0. The number of rotatable bonds is 9. The van der Waals surface area contributed by atoms with Gasteiger partial charge in [-0.2, -0.15) is 0 Å². The van der Waals surface area contributed by atoms with Crippen molar-refractivity contribution in [2.45, 2.75) is 39.0 Å².